The number of rotatable bonds is 2. The third kappa shape index (κ3) is 2.15. The molecule has 21 heavy (non-hydrogen) atoms. The molecule has 0 bridgehead atoms. The summed E-state index contributed by atoms with van der Waals surface area (Å²) in [6, 6.07) is 8.23. The highest BCUT2D eigenvalue weighted by Crippen LogP contribution is 2.30. The van der Waals surface area contributed by atoms with Crippen LogP contribution in [-0.4, -0.2) is 14.5 Å². The Labute approximate surface area is 124 Å². The molecular weight excluding hydrogens is 260 g/mol. The van der Waals surface area contributed by atoms with Crippen molar-refractivity contribution in [3.05, 3.63) is 30.5 Å². The molecule has 1 saturated carbocycles. The Morgan fingerprint density at radius 1 is 1.10 bits per heavy atom. The number of nitrogens with two attached hydrogens (primary N) is 1. The van der Waals surface area contributed by atoms with Crippen LogP contribution in [0.2, 0.25) is 0 Å². The summed E-state index contributed by atoms with van der Waals surface area (Å²) in [6.07, 6.45) is 8.53. The number of hydrogen-bond donors (Lipinski definition) is 1. The lowest BCUT2D eigenvalue weighted by Crippen LogP contribution is -2.15. The molecule has 1 aliphatic carbocycles. The molecule has 108 valence electrons. The first-order valence-electron chi connectivity index (χ1n) is 7.82. The Hall–Kier alpha value is -2.10. The molecule has 3 aromatic rings. The summed E-state index contributed by atoms with van der Waals surface area (Å²) >= 11 is 0. The van der Waals surface area contributed by atoms with Gasteiger partial charge in [-0.3, -0.25) is 4.98 Å². The molecule has 0 radical (unpaired) electrons. The minimum Gasteiger partial charge on any atom is -0.369 e. The van der Waals surface area contributed by atoms with Gasteiger partial charge < -0.3 is 10.3 Å². The van der Waals surface area contributed by atoms with E-state index in [1.54, 1.807) is 0 Å². The SMILES string of the molecule is Nc1nc2cnc3ccccc3c2n1CC1CCCCC1. The predicted molar refractivity (Wildman–Crippen MR) is 86.0 cm³/mol. The van der Waals surface area contributed by atoms with Crippen LogP contribution in [0.15, 0.2) is 30.5 Å². The van der Waals surface area contributed by atoms with E-state index in [4.69, 9.17) is 5.73 Å². The Morgan fingerprint density at radius 3 is 2.76 bits per heavy atom. The lowest BCUT2D eigenvalue weighted by Gasteiger charge is -2.22. The summed E-state index contributed by atoms with van der Waals surface area (Å²) in [4.78, 5) is 8.99. The van der Waals surface area contributed by atoms with Gasteiger partial charge in [0, 0.05) is 11.9 Å². The van der Waals surface area contributed by atoms with Gasteiger partial charge in [0.2, 0.25) is 5.95 Å². The third-order valence-corrected chi connectivity index (χ3v) is 4.67. The number of nitrogens with zero attached hydrogens (tertiary/aromatic N) is 3. The maximum Gasteiger partial charge on any atom is 0.201 e. The molecule has 0 amide bonds. The van der Waals surface area contributed by atoms with Crippen LogP contribution >= 0.6 is 0 Å². The molecule has 0 unspecified atom stereocenters. The van der Waals surface area contributed by atoms with Crippen molar-refractivity contribution in [2.75, 3.05) is 5.73 Å². The van der Waals surface area contributed by atoms with Gasteiger partial charge in [0.05, 0.1) is 17.2 Å². The number of nitrogen functional groups attached to an aromatic ring is 1. The van der Waals surface area contributed by atoms with Gasteiger partial charge >= 0.3 is 0 Å². The van der Waals surface area contributed by atoms with Crippen LogP contribution in [0.3, 0.4) is 0 Å². The van der Waals surface area contributed by atoms with Crippen molar-refractivity contribution in [1.82, 2.24) is 14.5 Å². The number of para-hydroxylation sites is 1. The van der Waals surface area contributed by atoms with E-state index >= 15 is 0 Å². The summed E-state index contributed by atoms with van der Waals surface area (Å²) < 4.78 is 2.20. The molecule has 0 aliphatic heterocycles. The van der Waals surface area contributed by atoms with E-state index < -0.39 is 0 Å². The highest BCUT2D eigenvalue weighted by Gasteiger charge is 2.18. The van der Waals surface area contributed by atoms with E-state index in [0.29, 0.717) is 5.95 Å². The van der Waals surface area contributed by atoms with Gasteiger partial charge in [-0.2, -0.15) is 0 Å². The van der Waals surface area contributed by atoms with Crippen molar-refractivity contribution in [2.45, 2.75) is 38.6 Å². The van der Waals surface area contributed by atoms with Crippen molar-refractivity contribution >= 4 is 27.9 Å². The van der Waals surface area contributed by atoms with Crippen LogP contribution in [0.25, 0.3) is 21.9 Å². The average Bonchev–Trinajstić information content (AvgIpc) is 2.85. The summed E-state index contributed by atoms with van der Waals surface area (Å²) in [7, 11) is 0. The van der Waals surface area contributed by atoms with Crippen molar-refractivity contribution in [3.8, 4) is 0 Å². The standard InChI is InChI=1S/C17H20N4/c18-17-20-15-10-19-14-9-5-4-8-13(14)16(15)21(17)11-12-6-2-1-3-7-12/h4-5,8-10,12H,1-3,6-7,11H2,(H2,18,20). The van der Waals surface area contributed by atoms with Gasteiger partial charge in [0.1, 0.15) is 5.52 Å². The highest BCUT2D eigenvalue weighted by molar-refractivity contribution is 6.02. The fraction of sp³-hybridized carbons (Fsp3) is 0.412. The molecule has 2 aromatic heterocycles. The van der Waals surface area contributed by atoms with Gasteiger partial charge in [-0.25, -0.2) is 4.98 Å². The normalized spacial score (nSPS) is 16.8. The van der Waals surface area contributed by atoms with E-state index in [0.717, 1.165) is 34.4 Å². The number of aromatic nitrogens is 3. The number of fused-ring (bicyclic) bond motifs is 3. The van der Waals surface area contributed by atoms with Crippen LogP contribution < -0.4 is 5.73 Å². The van der Waals surface area contributed by atoms with Gasteiger partial charge in [0.25, 0.3) is 0 Å². The van der Waals surface area contributed by atoms with E-state index in [2.05, 4.69) is 26.7 Å². The second-order valence-corrected chi connectivity index (χ2v) is 6.09. The largest absolute Gasteiger partial charge is 0.369 e. The zero-order chi connectivity index (χ0) is 14.2. The van der Waals surface area contributed by atoms with E-state index in [-0.39, 0.29) is 0 Å². The lowest BCUT2D eigenvalue weighted by molar-refractivity contribution is 0.324. The maximum absolute atomic E-state index is 6.19. The van der Waals surface area contributed by atoms with Crippen LogP contribution in [0.1, 0.15) is 32.1 Å². The fourth-order valence-electron chi connectivity index (χ4n) is 3.59. The van der Waals surface area contributed by atoms with Crippen LogP contribution in [0.5, 0.6) is 0 Å². The highest BCUT2D eigenvalue weighted by atomic mass is 15.2. The van der Waals surface area contributed by atoms with Crippen LogP contribution in [0, 0.1) is 5.92 Å². The molecule has 0 saturated heterocycles. The Bertz CT molecular complexity index is 784. The number of benzene rings is 1. The van der Waals surface area contributed by atoms with E-state index in [1.165, 1.54) is 32.1 Å². The zero-order valence-electron chi connectivity index (χ0n) is 12.1. The second kappa shape index (κ2) is 5.02. The Balaban J connectivity index is 1.86. The number of imidazole rings is 1. The zero-order valence-corrected chi connectivity index (χ0v) is 12.1. The minimum absolute atomic E-state index is 0.619. The average molecular weight is 280 g/mol. The minimum atomic E-state index is 0.619. The molecule has 1 aliphatic rings. The Kier molecular flexibility index (Phi) is 3.02. The van der Waals surface area contributed by atoms with Gasteiger partial charge in [-0.15, -0.1) is 0 Å². The first-order chi connectivity index (χ1) is 10.3. The molecule has 4 nitrogen and oxygen atoms in total. The van der Waals surface area contributed by atoms with Crippen LogP contribution in [0.4, 0.5) is 5.95 Å². The molecular formula is C17H20N4. The quantitative estimate of drug-likeness (QED) is 0.777. The van der Waals surface area contributed by atoms with Gasteiger partial charge in [-0.05, 0) is 24.8 Å². The van der Waals surface area contributed by atoms with Gasteiger partial charge in [0.15, 0.2) is 0 Å². The first-order valence-corrected chi connectivity index (χ1v) is 7.82. The maximum atomic E-state index is 6.19. The number of anilines is 1. The third-order valence-electron chi connectivity index (χ3n) is 4.67. The van der Waals surface area contributed by atoms with E-state index in [9.17, 15) is 0 Å². The molecule has 2 N–H and O–H groups in total. The summed E-state index contributed by atoms with van der Waals surface area (Å²) in [5.74, 6) is 1.35. The molecule has 4 rings (SSSR count). The molecule has 1 aromatic carbocycles. The lowest BCUT2D eigenvalue weighted by atomic mass is 9.89. The molecule has 1 fully saturated rings. The fourth-order valence-corrected chi connectivity index (χ4v) is 3.59. The monoisotopic (exact) mass is 280 g/mol. The number of pyridine rings is 1. The topological polar surface area (TPSA) is 56.7 Å². The summed E-state index contributed by atoms with van der Waals surface area (Å²) in [5.41, 5.74) is 9.24. The summed E-state index contributed by atoms with van der Waals surface area (Å²) in [6.45, 7) is 0.982. The van der Waals surface area contributed by atoms with Gasteiger partial charge in [-0.1, -0.05) is 37.5 Å². The van der Waals surface area contributed by atoms with E-state index in [1.807, 2.05) is 18.3 Å². The molecule has 4 heteroatoms. The van der Waals surface area contributed by atoms with Crippen molar-refractivity contribution in [1.29, 1.82) is 0 Å². The Morgan fingerprint density at radius 2 is 1.90 bits per heavy atom. The number of hydrogen-bond acceptors (Lipinski definition) is 3. The van der Waals surface area contributed by atoms with Crippen molar-refractivity contribution in [3.63, 3.8) is 0 Å². The molecule has 0 atom stereocenters. The van der Waals surface area contributed by atoms with Crippen molar-refractivity contribution < 1.29 is 0 Å². The first kappa shape index (κ1) is 12.6. The molecule has 2 heterocycles. The molecule has 0 spiro atoms. The van der Waals surface area contributed by atoms with Crippen LogP contribution in [-0.2, 0) is 6.54 Å². The smallest absolute Gasteiger partial charge is 0.201 e. The van der Waals surface area contributed by atoms with Crippen molar-refractivity contribution in [2.24, 2.45) is 5.92 Å². The second-order valence-electron chi connectivity index (χ2n) is 6.09. The summed E-state index contributed by atoms with van der Waals surface area (Å²) in [5, 5.41) is 1.15. The predicted octanol–water partition coefficient (Wildman–Crippen LogP) is 3.75.